The molecule has 1 saturated heterocycles. The van der Waals surface area contributed by atoms with Crippen LogP contribution in [0.25, 0.3) is 0 Å². The first kappa shape index (κ1) is 15.5. The Kier molecular flexibility index (Phi) is 5.75. The number of aromatic carboxylic acids is 1. The monoisotopic (exact) mass is 290 g/mol. The molecular formula is C16H22N2O3. The second-order valence-electron chi connectivity index (χ2n) is 5.33. The highest BCUT2D eigenvalue weighted by molar-refractivity contribution is 5.89. The molecule has 0 radical (unpaired) electrons. The van der Waals surface area contributed by atoms with Gasteiger partial charge >= 0.3 is 5.97 Å². The lowest BCUT2D eigenvalue weighted by Crippen LogP contribution is -2.37. The molecule has 1 aromatic rings. The van der Waals surface area contributed by atoms with Gasteiger partial charge in [0, 0.05) is 32.6 Å². The molecule has 0 saturated carbocycles. The van der Waals surface area contributed by atoms with Crippen molar-refractivity contribution in [1.82, 2.24) is 10.2 Å². The number of likely N-dealkylation sites (tertiary alicyclic amines) is 1. The van der Waals surface area contributed by atoms with Crippen LogP contribution in [0.1, 0.15) is 41.6 Å². The summed E-state index contributed by atoms with van der Waals surface area (Å²) in [6, 6.07) is 6.93. The van der Waals surface area contributed by atoms with Crippen LogP contribution in [0.4, 0.5) is 0 Å². The number of hydrogen-bond acceptors (Lipinski definition) is 3. The maximum Gasteiger partial charge on any atom is 0.336 e. The molecule has 1 heterocycles. The van der Waals surface area contributed by atoms with E-state index in [0.717, 1.165) is 31.5 Å². The normalized spacial score (nSPS) is 15.0. The van der Waals surface area contributed by atoms with Crippen molar-refractivity contribution in [2.75, 3.05) is 19.6 Å². The highest BCUT2D eigenvalue weighted by Gasteiger charge is 2.15. The Morgan fingerprint density at radius 1 is 1.14 bits per heavy atom. The number of carboxylic acid groups (broad SMARTS) is 1. The summed E-state index contributed by atoms with van der Waals surface area (Å²) in [4.78, 5) is 25.0. The Hall–Kier alpha value is -1.88. The largest absolute Gasteiger partial charge is 0.478 e. The van der Waals surface area contributed by atoms with Crippen molar-refractivity contribution < 1.29 is 14.7 Å². The lowest BCUT2D eigenvalue weighted by Gasteiger charge is -2.26. The van der Waals surface area contributed by atoms with E-state index >= 15 is 0 Å². The summed E-state index contributed by atoms with van der Waals surface area (Å²) in [7, 11) is 0. The quantitative estimate of drug-likeness (QED) is 0.785. The minimum atomic E-state index is -0.920. The Morgan fingerprint density at radius 2 is 1.86 bits per heavy atom. The molecule has 114 valence electrons. The summed E-state index contributed by atoms with van der Waals surface area (Å²) in [5.41, 5.74) is 1.06. The van der Waals surface area contributed by atoms with E-state index < -0.39 is 5.97 Å². The molecule has 5 nitrogen and oxygen atoms in total. The van der Waals surface area contributed by atoms with E-state index in [1.807, 2.05) is 11.0 Å². The zero-order chi connectivity index (χ0) is 15.1. The van der Waals surface area contributed by atoms with E-state index in [0.29, 0.717) is 25.1 Å². The van der Waals surface area contributed by atoms with Crippen molar-refractivity contribution in [3.05, 3.63) is 35.4 Å². The zero-order valence-electron chi connectivity index (χ0n) is 12.2. The molecule has 1 aliphatic heterocycles. The number of nitrogens with one attached hydrogen (secondary N) is 1. The van der Waals surface area contributed by atoms with Crippen LogP contribution in [0.5, 0.6) is 0 Å². The van der Waals surface area contributed by atoms with Crippen LogP contribution < -0.4 is 5.32 Å². The molecule has 1 amide bonds. The summed E-state index contributed by atoms with van der Waals surface area (Å²) in [5.74, 6) is -0.731. The predicted octanol–water partition coefficient (Wildman–Crippen LogP) is 1.88. The van der Waals surface area contributed by atoms with Crippen molar-refractivity contribution in [1.29, 1.82) is 0 Å². The molecule has 5 heteroatoms. The van der Waals surface area contributed by atoms with Gasteiger partial charge in [-0.1, -0.05) is 18.2 Å². The fourth-order valence-electron chi connectivity index (χ4n) is 2.60. The van der Waals surface area contributed by atoms with Gasteiger partial charge in [0.05, 0.1) is 5.56 Å². The van der Waals surface area contributed by atoms with Gasteiger partial charge in [0.25, 0.3) is 0 Å². The minimum Gasteiger partial charge on any atom is -0.478 e. The fourth-order valence-corrected chi connectivity index (χ4v) is 2.60. The topological polar surface area (TPSA) is 69.6 Å². The van der Waals surface area contributed by atoms with Crippen LogP contribution in [0.2, 0.25) is 0 Å². The van der Waals surface area contributed by atoms with Gasteiger partial charge in [0.2, 0.25) is 5.91 Å². The lowest BCUT2D eigenvalue weighted by atomic mass is 10.1. The molecule has 1 fully saturated rings. The number of amides is 1. The first-order valence-corrected chi connectivity index (χ1v) is 7.48. The van der Waals surface area contributed by atoms with E-state index in [-0.39, 0.29) is 5.91 Å². The first-order valence-electron chi connectivity index (χ1n) is 7.48. The standard InChI is InChI=1S/C16H22N2O3/c19-15(18-10-4-1-5-11-18)8-9-17-12-13-6-2-3-7-14(13)16(20)21/h2-3,6-7,17H,1,4-5,8-12H2,(H,20,21). The van der Waals surface area contributed by atoms with Crippen molar-refractivity contribution in [2.45, 2.75) is 32.2 Å². The average Bonchev–Trinajstić information content (AvgIpc) is 2.52. The molecule has 0 spiro atoms. The highest BCUT2D eigenvalue weighted by atomic mass is 16.4. The van der Waals surface area contributed by atoms with Crippen LogP contribution in [0.3, 0.4) is 0 Å². The van der Waals surface area contributed by atoms with Crippen molar-refractivity contribution >= 4 is 11.9 Å². The summed E-state index contributed by atoms with van der Waals surface area (Å²) < 4.78 is 0. The fraction of sp³-hybridized carbons (Fsp3) is 0.500. The van der Waals surface area contributed by atoms with Crippen LogP contribution in [0.15, 0.2) is 24.3 Å². The summed E-state index contributed by atoms with van der Waals surface area (Å²) >= 11 is 0. The average molecular weight is 290 g/mol. The van der Waals surface area contributed by atoms with Gasteiger partial charge in [-0.05, 0) is 30.9 Å². The molecule has 0 aromatic heterocycles. The first-order chi connectivity index (χ1) is 10.2. The van der Waals surface area contributed by atoms with Crippen LogP contribution in [-0.4, -0.2) is 41.5 Å². The number of carboxylic acids is 1. The molecule has 1 aromatic carbocycles. The summed E-state index contributed by atoms with van der Waals surface area (Å²) in [5, 5.41) is 12.2. The molecule has 0 bridgehead atoms. The SMILES string of the molecule is O=C(O)c1ccccc1CNCCC(=O)N1CCCCC1. The molecular weight excluding hydrogens is 268 g/mol. The Balaban J connectivity index is 1.74. The van der Waals surface area contributed by atoms with Crippen LogP contribution >= 0.6 is 0 Å². The molecule has 1 aliphatic rings. The van der Waals surface area contributed by atoms with E-state index in [1.54, 1.807) is 18.2 Å². The minimum absolute atomic E-state index is 0.189. The third-order valence-corrected chi connectivity index (χ3v) is 3.79. The van der Waals surface area contributed by atoms with Crippen molar-refractivity contribution in [3.63, 3.8) is 0 Å². The molecule has 2 N–H and O–H groups in total. The molecule has 0 atom stereocenters. The van der Waals surface area contributed by atoms with Gasteiger partial charge in [0.15, 0.2) is 0 Å². The van der Waals surface area contributed by atoms with Gasteiger partial charge < -0.3 is 15.3 Å². The van der Waals surface area contributed by atoms with Gasteiger partial charge in [0.1, 0.15) is 0 Å². The Morgan fingerprint density at radius 3 is 2.57 bits per heavy atom. The Labute approximate surface area is 125 Å². The maximum atomic E-state index is 12.0. The van der Waals surface area contributed by atoms with E-state index in [1.165, 1.54) is 6.42 Å². The Bertz CT molecular complexity index is 496. The molecule has 0 aliphatic carbocycles. The smallest absolute Gasteiger partial charge is 0.336 e. The number of carbonyl (C=O) groups is 2. The van der Waals surface area contributed by atoms with Gasteiger partial charge in [-0.15, -0.1) is 0 Å². The zero-order valence-corrected chi connectivity index (χ0v) is 12.2. The van der Waals surface area contributed by atoms with Crippen molar-refractivity contribution in [2.24, 2.45) is 0 Å². The van der Waals surface area contributed by atoms with E-state index in [9.17, 15) is 9.59 Å². The molecule has 2 rings (SSSR count). The summed E-state index contributed by atoms with van der Waals surface area (Å²) in [6.45, 7) is 2.79. The number of piperidine rings is 1. The predicted molar refractivity (Wildman–Crippen MR) is 80.2 cm³/mol. The number of carbonyl (C=O) groups excluding carboxylic acids is 1. The second kappa shape index (κ2) is 7.78. The maximum absolute atomic E-state index is 12.0. The summed E-state index contributed by atoms with van der Waals surface area (Å²) in [6.07, 6.45) is 3.89. The third-order valence-electron chi connectivity index (χ3n) is 3.79. The van der Waals surface area contributed by atoms with Gasteiger partial charge in [-0.2, -0.15) is 0 Å². The lowest BCUT2D eigenvalue weighted by molar-refractivity contribution is -0.131. The second-order valence-corrected chi connectivity index (χ2v) is 5.33. The highest BCUT2D eigenvalue weighted by Crippen LogP contribution is 2.10. The number of nitrogens with zero attached hydrogens (tertiary/aromatic N) is 1. The molecule has 21 heavy (non-hydrogen) atoms. The van der Waals surface area contributed by atoms with Gasteiger partial charge in [-0.25, -0.2) is 4.79 Å². The van der Waals surface area contributed by atoms with Crippen LogP contribution in [-0.2, 0) is 11.3 Å². The number of rotatable bonds is 6. The number of hydrogen-bond donors (Lipinski definition) is 2. The van der Waals surface area contributed by atoms with Crippen LogP contribution in [0, 0.1) is 0 Å². The van der Waals surface area contributed by atoms with E-state index in [4.69, 9.17) is 5.11 Å². The van der Waals surface area contributed by atoms with Crippen molar-refractivity contribution in [3.8, 4) is 0 Å². The molecule has 0 unspecified atom stereocenters. The number of benzene rings is 1. The van der Waals surface area contributed by atoms with E-state index in [2.05, 4.69) is 5.32 Å². The third kappa shape index (κ3) is 4.56. The van der Waals surface area contributed by atoms with Gasteiger partial charge in [-0.3, -0.25) is 4.79 Å².